The molecule has 4 atom stereocenters. The summed E-state index contributed by atoms with van der Waals surface area (Å²) in [7, 11) is 0. The molecule has 9 N–H and O–H groups in total. The molecule has 0 saturated heterocycles. The molecule has 0 radical (unpaired) electrons. The lowest BCUT2D eigenvalue weighted by Crippen LogP contribution is -2.58. The highest BCUT2D eigenvalue weighted by atomic mass is 16.4. The van der Waals surface area contributed by atoms with E-state index in [1.807, 2.05) is 10.6 Å². The summed E-state index contributed by atoms with van der Waals surface area (Å²) in [5.41, 5.74) is 5.65. The first-order valence-electron chi connectivity index (χ1n) is 9.24. The van der Waals surface area contributed by atoms with E-state index in [4.69, 9.17) is 21.1 Å². The quantitative estimate of drug-likeness (QED) is 0.132. The Morgan fingerprint density at radius 1 is 0.774 bits per heavy atom. The fraction of sp³-hybridized carbons (Fsp3) is 0.647. The van der Waals surface area contributed by atoms with Gasteiger partial charge in [0.15, 0.2) is 0 Å². The predicted octanol–water partition coefficient (Wildman–Crippen LogP) is -3.16. The third kappa shape index (κ3) is 10.4. The molecule has 0 spiro atoms. The number of carboxylic acids is 3. The molecule has 0 aliphatic rings. The third-order valence-corrected chi connectivity index (χ3v) is 4.11. The van der Waals surface area contributed by atoms with Crippen LogP contribution in [0.1, 0.15) is 33.1 Å². The van der Waals surface area contributed by atoms with Gasteiger partial charge in [0.05, 0.1) is 19.1 Å². The van der Waals surface area contributed by atoms with Crippen LogP contribution in [0.2, 0.25) is 0 Å². The van der Waals surface area contributed by atoms with Crippen molar-refractivity contribution in [2.75, 3.05) is 6.61 Å². The van der Waals surface area contributed by atoms with Gasteiger partial charge in [0.1, 0.15) is 18.1 Å². The van der Waals surface area contributed by atoms with Crippen molar-refractivity contribution in [3.63, 3.8) is 0 Å². The van der Waals surface area contributed by atoms with E-state index in [-0.39, 0.29) is 5.92 Å². The number of hydrogen-bond donors (Lipinski definition) is 8. The number of carbonyl (C=O) groups is 6. The van der Waals surface area contributed by atoms with Gasteiger partial charge in [0.25, 0.3) is 0 Å². The van der Waals surface area contributed by atoms with Crippen LogP contribution in [-0.4, -0.2) is 86.8 Å². The summed E-state index contributed by atoms with van der Waals surface area (Å²) in [6.45, 7) is 2.41. The van der Waals surface area contributed by atoms with Gasteiger partial charge >= 0.3 is 17.9 Å². The molecule has 0 aliphatic heterocycles. The van der Waals surface area contributed by atoms with Crippen LogP contribution in [0.4, 0.5) is 0 Å². The van der Waals surface area contributed by atoms with Crippen molar-refractivity contribution in [2.45, 2.75) is 57.3 Å². The smallest absolute Gasteiger partial charge is 0.326 e. The zero-order valence-electron chi connectivity index (χ0n) is 17.0. The second kappa shape index (κ2) is 13.1. The minimum Gasteiger partial charge on any atom is -0.481 e. The Balaban J connectivity index is 5.31. The van der Waals surface area contributed by atoms with E-state index in [0.717, 1.165) is 0 Å². The predicted molar refractivity (Wildman–Crippen MR) is 102 cm³/mol. The van der Waals surface area contributed by atoms with Gasteiger partial charge < -0.3 is 42.1 Å². The topological polar surface area (TPSA) is 245 Å². The summed E-state index contributed by atoms with van der Waals surface area (Å²) in [6.07, 6.45) is -2.01. The molecular formula is C17H28N4O10. The zero-order chi connectivity index (χ0) is 24.3. The lowest BCUT2D eigenvalue weighted by atomic mass is 10.0. The van der Waals surface area contributed by atoms with Gasteiger partial charge in [-0.1, -0.05) is 13.8 Å². The summed E-state index contributed by atoms with van der Waals surface area (Å²) >= 11 is 0. The first kappa shape index (κ1) is 27.7. The van der Waals surface area contributed by atoms with Gasteiger partial charge in [-0.15, -0.1) is 0 Å². The van der Waals surface area contributed by atoms with Crippen molar-refractivity contribution in [3.8, 4) is 0 Å². The van der Waals surface area contributed by atoms with E-state index in [0.29, 0.717) is 0 Å². The van der Waals surface area contributed by atoms with Gasteiger partial charge in [-0.2, -0.15) is 0 Å². The number of rotatable bonds is 14. The molecule has 4 unspecified atom stereocenters. The maximum Gasteiger partial charge on any atom is 0.326 e. The Morgan fingerprint density at radius 2 is 1.26 bits per heavy atom. The maximum atomic E-state index is 12.3. The summed E-state index contributed by atoms with van der Waals surface area (Å²) in [6, 6.07) is -5.95. The second-order valence-corrected chi connectivity index (χ2v) is 7.00. The van der Waals surface area contributed by atoms with E-state index in [2.05, 4.69) is 5.32 Å². The van der Waals surface area contributed by atoms with Crippen LogP contribution in [0.25, 0.3) is 0 Å². The highest BCUT2D eigenvalue weighted by Gasteiger charge is 2.31. The monoisotopic (exact) mass is 448 g/mol. The van der Waals surface area contributed by atoms with Crippen LogP contribution in [0.15, 0.2) is 0 Å². The fourth-order valence-corrected chi connectivity index (χ4v) is 2.22. The molecule has 0 rings (SSSR count). The molecule has 14 nitrogen and oxygen atoms in total. The molecule has 3 amide bonds. The van der Waals surface area contributed by atoms with E-state index < -0.39 is 85.7 Å². The average molecular weight is 448 g/mol. The zero-order valence-corrected chi connectivity index (χ0v) is 17.0. The molecule has 14 heteroatoms. The molecule has 0 saturated carbocycles. The number of carbonyl (C=O) groups excluding carboxylic acids is 3. The normalized spacial score (nSPS) is 14.6. The highest BCUT2D eigenvalue weighted by Crippen LogP contribution is 2.03. The van der Waals surface area contributed by atoms with Crippen molar-refractivity contribution in [3.05, 3.63) is 0 Å². The molecular weight excluding hydrogens is 420 g/mol. The SMILES string of the molecule is CC(C)C(N)C(=O)NC(CO)C(=O)NC(CC(=O)O)C(=O)NC(CCC(=O)O)C(=O)O. The van der Waals surface area contributed by atoms with Gasteiger partial charge in [-0.25, -0.2) is 4.79 Å². The highest BCUT2D eigenvalue weighted by molar-refractivity contribution is 5.95. The van der Waals surface area contributed by atoms with Crippen molar-refractivity contribution in [1.29, 1.82) is 0 Å². The standard InChI is InChI=1S/C17H28N4O10/c1-7(2)13(18)16(29)21-10(6-22)15(28)20-9(5-12(25)26)14(27)19-8(17(30)31)3-4-11(23)24/h7-10,13,22H,3-6,18H2,1-2H3,(H,19,27)(H,20,28)(H,21,29)(H,23,24)(H,25,26)(H,30,31). The Bertz CT molecular complexity index is 696. The number of hydrogen-bond acceptors (Lipinski definition) is 8. The fourth-order valence-electron chi connectivity index (χ4n) is 2.22. The Kier molecular flexibility index (Phi) is 11.7. The van der Waals surface area contributed by atoms with Gasteiger partial charge in [-0.05, 0) is 12.3 Å². The van der Waals surface area contributed by atoms with Gasteiger partial charge in [0.2, 0.25) is 17.7 Å². The van der Waals surface area contributed by atoms with E-state index in [9.17, 15) is 33.9 Å². The number of nitrogens with one attached hydrogen (secondary N) is 3. The summed E-state index contributed by atoms with van der Waals surface area (Å²) in [5.74, 6) is -7.73. The van der Waals surface area contributed by atoms with Crippen LogP contribution in [0.5, 0.6) is 0 Å². The van der Waals surface area contributed by atoms with Crippen molar-refractivity contribution in [2.24, 2.45) is 11.7 Å². The lowest BCUT2D eigenvalue weighted by Gasteiger charge is -2.24. The number of aliphatic carboxylic acids is 3. The molecule has 0 bridgehead atoms. The molecule has 0 aromatic heterocycles. The Hall–Kier alpha value is -3.26. The molecule has 31 heavy (non-hydrogen) atoms. The summed E-state index contributed by atoms with van der Waals surface area (Å²) in [5, 5.41) is 42.3. The molecule has 176 valence electrons. The van der Waals surface area contributed by atoms with Crippen LogP contribution >= 0.6 is 0 Å². The Labute approximate surface area is 177 Å². The summed E-state index contributed by atoms with van der Waals surface area (Å²) < 4.78 is 0. The Morgan fingerprint density at radius 3 is 1.68 bits per heavy atom. The van der Waals surface area contributed by atoms with E-state index in [1.165, 1.54) is 0 Å². The lowest BCUT2D eigenvalue weighted by molar-refractivity contribution is -0.144. The van der Waals surface area contributed by atoms with Crippen molar-refractivity contribution in [1.82, 2.24) is 16.0 Å². The van der Waals surface area contributed by atoms with Crippen molar-refractivity contribution >= 4 is 35.6 Å². The number of nitrogens with two attached hydrogens (primary N) is 1. The first-order valence-corrected chi connectivity index (χ1v) is 9.24. The number of aliphatic hydroxyl groups is 1. The molecule has 0 fully saturated rings. The average Bonchev–Trinajstić information content (AvgIpc) is 2.66. The van der Waals surface area contributed by atoms with Crippen LogP contribution < -0.4 is 21.7 Å². The van der Waals surface area contributed by atoms with E-state index in [1.54, 1.807) is 13.8 Å². The second-order valence-electron chi connectivity index (χ2n) is 7.00. The number of amides is 3. The van der Waals surface area contributed by atoms with Gasteiger partial charge in [-0.3, -0.25) is 24.0 Å². The third-order valence-electron chi connectivity index (χ3n) is 4.11. The first-order chi connectivity index (χ1) is 14.3. The van der Waals surface area contributed by atoms with Gasteiger partial charge in [0, 0.05) is 6.42 Å². The van der Waals surface area contributed by atoms with Crippen LogP contribution in [0, 0.1) is 5.92 Å². The molecule has 0 aromatic rings. The van der Waals surface area contributed by atoms with E-state index >= 15 is 0 Å². The number of aliphatic hydroxyl groups excluding tert-OH is 1. The maximum absolute atomic E-state index is 12.3. The number of carboxylic acid groups (broad SMARTS) is 3. The van der Waals surface area contributed by atoms with Crippen LogP contribution in [-0.2, 0) is 28.8 Å². The molecule has 0 aromatic carbocycles. The van der Waals surface area contributed by atoms with Crippen molar-refractivity contribution < 1.29 is 49.2 Å². The largest absolute Gasteiger partial charge is 0.481 e. The minimum absolute atomic E-state index is 0.285. The molecule has 0 heterocycles. The minimum atomic E-state index is -1.76. The molecule has 0 aliphatic carbocycles. The van der Waals surface area contributed by atoms with Crippen LogP contribution in [0.3, 0.4) is 0 Å². The summed E-state index contributed by atoms with van der Waals surface area (Å²) in [4.78, 5) is 69.5.